The van der Waals surface area contributed by atoms with Crippen LogP contribution in [0.1, 0.15) is 55.0 Å². The summed E-state index contributed by atoms with van der Waals surface area (Å²) in [6.45, 7) is 4.97. The van der Waals surface area contributed by atoms with Crippen LogP contribution in [0.25, 0.3) is 0 Å². The highest BCUT2D eigenvalue weighted by Gasteiger charge is 2.24. The van der Waals surface area contributed by atoms with Crippen molar-refractivity contribution in [2.45, 2.75) is 52.1 Å². The maximum atomic E-state index is 12.0. The number of carbonyl (C=O) groups is 1. The van der Waals surface area contributed by atoms with Gasteiger partial charge in [0.05, 0.1) is 0 Å². The monoisotopic (exact) mass is 317 g/mol. The van der Waals surface area contributed by atoms with Crippen LogP contribution in [-0.2, 0) is 6.54 Å². The van der Waals surface area contributed by atoms with Gasteiger partial charge in [0.15, 0.2) is 0 Å². The fourth-order valence-corrected chi connectivity index (χ4v) is 3.35. The Kier molecular flexibility index (Phi) is 6.92. The zero-order valence-electron chi connectivity index (χ0n) is 12.1. The van der Waals surface area contributed by atoms with Crippen LogP contribution in [-0.4, -0.2) is 16.9 Å². The van der Waals surface area contributed by atoms with E-state index in [1.807, 2.05) is 0 Å². The molecule has 0 aromatic carbocycles. The minimum Gasteiger partial charge on any atom is -0.348 e. The first-order valence-electron chi connectivity index (χ1n) is 7.05. The van der Waals surface area contributed by atoms with Crippen molar-refractivity contribution in [1.82, 2.24) is 10.3 Å². The Balaban J connectivity index is 0.00000200. The number of nitrogens with two attached hydrogens (primary N) is 1. The van der Waals surface area contributed by atoms with Crippen LogP contribution in [0.3, 0.4) is 0 Å². The van der Waals surface area contributed by atoms with Crippen molar-refractivity contribution in [2.24, 2.45) is 17.6 Å². The predicted octanol–water partition coefficient (Wildman–Crippen LogP) is 2.97. The van der Waals surface area contributed by atoms with Gasteiger partial charge >= 0.3 is 0 Å². The number of nitrogens with zero attached hydrogens (tertiary/aromatic N) is 1. The second-order valence-corrected chi connectivity index (χ2v) is 6.60. The van der Waals surface area contributed by atoms with E-state index in [2.05, 4.69) is 24.1 Å². The molecule has 0 radical (unpaired) electrons. The number of aromatic nitrogens is 1. The molecule has 114 valence electrons. The van der Waals surface area contributed by atoms with Gasteiger partial charge in [0.1, 0.15) is 10.7 Å². The Hall–Kier alpha value is -0.650. The Labute approximate surface area is 131 Å². The topological polar surface area (TPSA) is 68.0 Å². The first-order valence-corrected chi connectivity index (χ1v) is 7.93. The lowest BCUT2D eigenvalue weighted by Crippen LogP contribution is -2.38. The Morgan fingerprint density at radius 2 is 2.10 bits per heavy atom. The molecule has 20 heavy (non-hydrogen) atoms. The third-order valence-electron chi connectivity index (χ3n) is 4.01. The molecular weight excluding hydrogens is 294 g/mol. The van der Waals surface area contributed by atoms with Gasteiger partial charge in [0, 0.05) is 18.0 Å². The smallest absolute Gasteiger partial charge is 0.270 e. The summed E-state index contributed by atoms with van der Waals surface area (Å²) in [4.78, 5) is 16.3. The molecule has 2 rings (SSSR count). The first-order chi connectivity index (χ1) is 9.10. The molecule has 0 atom stereocenters. The van der Waals surface area contributed by atoms with Gasteiger partial charge in [-0.05, 0) is 37.5 Å². The number of thiazole rings is 1. The summed E-state index contributed by atoms with van der Waals surface area (Å²) in [7, 11) is 0. The number of halogens is 1. The number of amides is 1. The quantitative estimate of drug-likeness (QED) is 0.897. The molecule has 0 spiro atoms. The summed E-state index contributed by atoms with van der Waals surface area (Å²) >= 11 is 1.45. The SMILES string of the molecule is CC(C)C1CCC(NC(=O)c2csc(CN)n2)CC1.Cl. The lowest BCUT2D eigenvalue weighted by atomic mass is 9.80. The molecule has 1 amide bonds. The molecule has 1 aromatic rings. The van der Waals surface area contributed by atoms with Gasteiger partial charge in [0.2, 0.25) is 0 Å². The van der Waals surface area contributed by atoms with Gasteiger partial charge in [-0.3, -0.25) is 4.79 Å². The van der Waals surface area contributed by atoms with Crippen molar-refractivity contribution >= 4 is 29.7 Å². The van der Waals surface area contributed by atoms with Crippen molar-refractivity contribution in [3.63, 3.8) is 0 Å². The van der Waals surface area contributed by atoms with E-state index in [1.165, 1.54) is 24.2 Å². The zero-order valence-corrected chi connectivity index (χ0v) is 13.7. The molecule has 0 aliphatic heterocycles. The molecular formula is C14H24ClN3OS. The maximum absolute atomic E-state index is 12.0. The molecule has 4 nitrogen and oxygen atoms in total. The summed E-state index contributed by atoms with van der Waals surface area (Å²) in [5.74, 6) is 1.52. The number of rotatable bonds is 4. The average molecular weight is 318 g/mol. The van der Waals surface area contributed by atoms with Crippen LogP contribution >= 0.6 is 23.7 Å². The van der Waals surface area contributed by atoms with Crippen molar-refractivity contribution in [3.8, 4) is 0 Å². The summed E-state index contributed by atoms with van der Waals surface area (Å²) in [5, 5.41) is 5.70. The van der Waals surface area contributed by atoms with Crippen LogP contribution in [0.2, 0.25) is 0 Å². The summed E-state index contributed by atoms with van der Waals surface area (Å²) in [5.41, 5.74) is 6.02. The van der Waals surface area contributed by atoms with Crippen molar-refractivity contribution < 1.29 is 4.79 Å². The van der Waals surface area contributed by atoms with E-state index in [0.717, 1.165) is 29.7 Å². The van der Waals surface area contributed by atoms with E-state index >= 15 is 0 Å². The van der Waals surface area contributed by atoms with E-state index in [-0.39, 0.29) is 18.3 Å². The molecule has 1 heterocycles. The van der Waals surface area contributed by atoms with E-state index < -0.39 is 0 Å². The van der Waals surface area contributed by atoms with Gasteiger partial charge < -0.3 is 11.1 Å². The molecule has 1 saturated carbocycles. The largest absolute Gasteiger partial charge is 0.348 e. The van der Waals surface area contributed by atoms with E-state index in [0.29, 0.717) is 18.3 Å². The summed E-state index contributed by atoms with van der Waals surface area (Å²) < 4.78 is 0. The van der Waals surface area contributed by atoms with Crippen LogP contribution < -0.4 is 11.1 Å². The summed E-state index contributed by atoms with van der Waals surface area (Å²) in [6, 6.07) is 0.311. The van der Waals surface area contributed by atoms with E-state index in [9.17, 15) is 4.79 Å². The fourth-order valence-electron chi connectivity index (χ4n) is 2.70. The van der Waals surface area contributed by atoms with Gasteiger partial charge in [-0.2, -0.15) is 0 Å². The molecule has 3 N–H and O–H groups in total. The molecule has 1 aliphatic carbocycles. The normalized spacial score (nSPS) is 22.4. The van der Waals surface area contributed by atoms with Gasteiger partial charge in [-0.25, -0.2) is 4.98 Å². The minimum atomic E-state index is -0.0519. The number of hydrogen-bond acceptors (Lipinski definition) is 4. The number of hydrogen-bond donors (Lipinski definition) is 2. The second kappa shape index (κ2) is 7.96. The fraction of sp³-hybridized carbons (Fsp3) is 0.714. The predicted molar refractivity (Wildman–Crippen MR) is 85.3 cm³/mol. The van der Waals surface area contributed by atoms with Gasteiger partial charge in [-0.15, -0.1) is 23.7 Å². The minimum absolute atomic E-state index is 0. The van der Waals surface area contributed by atoms with E-state index in [1.54, 1.807) is 5.38 Å². The van der Waals surface area contributed by atoms with Crippen molar-refractivity contribution in [2.75, 3.05) is 0 Å². The summed E-state index contributed by atoms with van der Waals surface area (Å²) in [6.07, 6.45) is 4.60. The molecule has 1 aliphatic rings. The molecule has 1 fully saturated rings. The van der Waals surface area contributed by atoms with Gasteiger partial charge in [0.25, 0.3) is 5.91 Å². The van der Waals surface area contributed by atoms with Crippen molar-refractivity contribution in [1.29, 1.82) is 0 Å². The number of carbonyl (C=O) groups excluding carboxylic acids is 1. The highest BCUT2D eigenvalue weighted by molar-refractivity contribution is 7.09. The van der Waals surface area contributed by atoms with Crippen LogP contribution in [0.15, 0.2) is 5.38 Å². The van der Waals surface area contributed by atoms with E-state index in [4.69, 9.17) is 5.73 Å². The van der Waals surface area contributed by atoms with Gasteiger partial charge in [-0.1, -0.05) is 13.8 Å². The first kappa shape index (κ1) is 17.4. The molecule has 1 aromatic heterocycles. The highest BCUT2D eigenvalue weighted by atomic mass is 35.5. The zero-order chi connectivity index (χ0) is 13.8. The maximum Gasteiger partial charge on any atom is 0.270 e. The lowest BCUT2D eigenvalue weighted by Gasteiger charge is -2.31. The average Bonchev–Trinajstić information content (AvgIpc) is 2.88. The Morgan fingerprint density at radius 1 is 1.45 bits per heavy atom. The number of nitrogens with one attached hydrogen (secondary N) is 1. The third kappa shape index (κ3) is 4.43. The standard InChI is InChI=1S/C14H23N3OS.ClH/c1-9(2)10-3-5-11(6-4-10)16-14(18)12-8-19-13(7-15)17-12;/h8-11H,3-7,15H2,1-2H3,(H,16,18);1H. The molecule has 6 heteroatoms. The Morgan fingerprint density at radius 3 is 2.60 bits per heavy atom. The van der Waals surface area contributed by atoms with Crippen LogP contribution in [0.4, 0.5) is 0 Å². The van der Waals surface area contributed by atoms with Crippen LogP contribution in [0.5, 0.6) is 0 Å². The third-order valence-corrected chi connectivity index (χ3v) is 4.88. The second-order valence-electron chi connectivity index (χ2n) is 5.66. The molecule has 0 bridgehead atoms. The lowest BCUT2D eigenvalue weighted by molar-refractivity contribution is 0.0913. The highest BCUT2D eigenvalue weighted by Crippen LogP contribution is 2.29. The molecule has 0 unspecified atom stereocenters. The van der Waals surface area contributed by atoms with Crippen LogP contribution in [0, 0.1) is 11.8 Å². The molecule has 0 saturated heterocycles. The van der Waals surface area contributed by atoms with Crippen molar-refractivity contribution in [3.05, 3.63) is 16.1 Å². The Bertz CT molecular complexity index is 428.